The highest BCUT2D eigenvalue weighted by molar-refractivity contribution is 6.16. The largest absolute Gasteiger partial charge is 0.465 e. The fourth-order valence-electron chi connectivity index (χ4n) is 3.25. The Morgan fingerprint density at radius 3 is 2.95 bits per heavy atom. The van der Waals surface area contributed by atoms with E-state index in [-0.39, 0.29) is 5.78 Å². The number of hydrogen-bond acceptors (Lipinski definition) is 4. The average Bonchev–Trinajstić information content (AvgIpc) is 2.87. The molecule has 1 aliphatic rings. The van der Waals surface area contributed by atoms with E-state index in [9.17, 15) is 9.59 Å². The van der Waals surface area contributed by atoms with E-state index in [0.717, 1.165) is 24.1 Å². The van der Waals surface area contributed by atoms with Gasteiger partial charge in [-0.3, -0.25) is 4.79 Å². The maximum absolute atomic E-state index is 12.4. The highest BCUT2D eigenvalue weighted by Crippen LogP contribution is 2.34. The van der Waals surface area contributed by atoms with Crippen molar-refractivity contribution in [1.82, 2.24) is 4.57 Å². The van der Waals surface area contributed by atoms with Gasteiger partial charge in [-0.05, 0) is 25.0 Å². The van der Waals surface area contributed by atoms with Gasteiger partial charge in [-0.2, -0.15) is 5.26 Å². The van der Waals surface area contributed by atoms with Gasteiger partial charge in [0.1, 0.15) is 0 Å². The number of benzene rings is 1. The van der Waals surface area contributed by atoms with Gasteiger partial charge in [0, 0.05) is 35.1 Å². The third-order valence-electron chi connectivity index (χ3n) is 4.15. The molecule has 0 fully saturated rings. The van der Waals surface area contributed by atoms with Crippen LogP contribution in [0.4, 0.5) is 0 Å². The quantitative estimate of drug-likeness (QED) is 0.816. The number of methoxy groups -OCH3 is 1. The second-order valence-electron chi connectivity index (χ2n) is 5.35. The smallest absolute Gasteiger partial charge is 0.338 e. The minimum atomic E-state index is -0.441. The van der Waals surface area contributed by atoms with Crippen molar-refractivity contribution in [3.8, 4) is 6.07 Å². The van der Waals surface area contributed by atoms with Crippen LogP contribution in [-0.2, 0) is 17.7 Å². The van der Waals surface area contributed by atoms with Gasteiger partial charge < -0.3 is 9.30 Å². The maximum Gasteiger partial charge on any atom is 0.338 e. The molecule has 1 aliphatic carbocycles. The van der Waals surface area contributed by atoms with Crippen molar-refractivity contribution in [2.24, 2.45) is 0 Å². The Balaban J connectivity index is 2.35. The maximum atomic E-state index is 12.4. The van der Waals surface area contributed by atoms with Crippen LogP contribution >= 0.6 is 0 Å². The Labute approximate surface area is 128 Å². The fourth-order valence-corrected chi connectivity index (χ4v) is 3.25. The van der Waals surface area contributed by atoms with Crippen molar-refractivity contribution in [1.29, 1.82) is 5.26 Å². The van der Waals surface area contributed by atoms with Gasteiger partial charge >= 0.3 is 5.97 Å². The van der Waals surface area contributed by atoms with Crippen molar-refractivity contribution < 1.29 is 14.3 Å². The molecule has 2 aromatic rings. The Bertz CT molecular complexity index is 811. The van der Waals surface area contributed by atoms with E-state index in [2.05, 4.69) is 6.07 Å². The van der Waals surface area contributed by atoms with Crippen molar-refractivity contribution >= 4 is 22.7 Å². The number of ether oxygens (including phenoxy) is 1. The number of nitrogens with zero attached hydrogens (tertiary/aromatic N) is 2. The molecule has 5 heteroatoms. The molecule has 0 atom stereocenters. The number of aryl methyl sites for hydroxylation is 1. The van der Waals surface area contributed by atoms with Crippen LogP contribution in [0.2, 0.25) is 0 Å². The molecule has 0 saturated heterocycles. The fraction of sp³-hybridized carbons (Fsp3) is 0.353. The predicted octanol–water partition coefficient (Wildman–Crippen LogP) is 2.86. The van der Waals surface area contributed by atoms with Crippen molar-refractivity contribution in [3.05, 3.63) is 35.0 Å². The number of ketones is 1. The predicted molar refractivity (Wildman–Crippen MR) is 80.8 cm³/mol. The summed E-state index contributed by atoms with van der Waals surface area (Å²) in [5, 5.41) is 9.54. The van der Waals surface area contributed by atoms with Gasteiger partial charge in [0.15, 0.2) is 5.78 Å². The third kappa shape index (κ3) is 2.08. The number of esters is 1. The van der Waals surface area contributed by atoms with Crippen LogP contribution in [0.3, 0.4) is 0 Å². The third-order valence-corrected chi connectivity index (χ3v) is 4.15. The first-order valence-corrected chi connectivity index (χ1v) is 7.31. The molecule has 1 aromatic heterocycles. The van der Waals surface area contributed by atoms with E-state index in [4.69, 9.17) is 10.00 Å². The van der Waals surface area contributed by atoms with Gasteiger partial charge in [-0.25, -0.2) is 4.79 Å². The summed E-state index contributed by atoms with van der Waals surface area (Å²) in [5.74, 6) is -0.373. The minimum Gasteiger partial charge on any atom is -0.465 e. The number of carbonyl (C=O) groups is 2. The zero-order valence-electron chi connectivity index (χ0n) is 12.4. The zero-order chi connectivity index (χ0) is 15.7. The Hall–Kier alpha value is -2.61. The van der Waals surface area contributed by atoms with Crippen LogP contribution in [0, 0.1) is 11.3 Å². The molecular weight excluding hydrogens is 280 g/mol. The zero-order valence-corrected chi connectivity index (χ0v) is 12.4. The molecule has 0 unspecified atom stereocenters. The summed E-state index contributed by atoms with van der Waals surface area (Å²) in [4.78, 5) is 24.5. The van der Waals surface area contributed by atoms with Crippen molar-refractivity contribution in [2.45, 2.75) is 32.2 Å². The monoisotopic (exact) mass is 296 g/mol. The summed E-state index contributed by atoms with van der Waals surface area (Å²) < 4.78 is 6.86. The van der Waals surface area contributed by atoms with Crippen LogP contribution in [0.1, 0.15) is 45.7 Å². The van der Waals surface area contributed by atoms with Gasteiger partial charge in [-0.1, -0.05) is 6.07 Å². The number of rotatable bonds is 3. The lowest BCUT2D eigenvalue weighted by molar-refractivity contribution is 0.0603. The average molecular weight is 296 g/mol. The molecule has 0 saturated carbocycles. The van der Waals surface area contributed by atoms with E-state index < -0.39 is 5.97 Å². The van der Waals surface area contributed by atoms with E-state index in [1.54, 1.807) is 12.1 Å². The highest BCUT2D eigenvalue weighted by atomic mass is 16.5. The number of nitriles is 1. The lowest BCUT2D eigenvalue weighted by atomic mass is 9.92. The topological polar surface area (TPSA) is 72.1 Å². The van der Waals surface area contributed by atoms with Crippen LogP contribution in [0.5, 0.6) is 0 Å². The normalized spacial score (nSPS) is 13.7. The van der Waals surface area contributed by atoms with Gasteiger partial charge in [0.05, 0.1) is 25.2 Å². The number of fused-ring (bicyclic) bond motifs is 3. The molecule has 3 rings (SSSR count). The molecule has 1 heterocycles. The molecule has 5 nitrogen and oxygen atoms in total. The van der Waals surface area contributed by atoms with E-state index in [0.29, 0.717) is 35.9 Å². The van der Waals surface area contributed by atoms with E-state index in [1.807, 2.05) is 10.6 Å². The highest BCUT2D eigenvalue weighted by Gasteiger charge is 2.28. The lowest BCUT2D eigenvalue weighted by Gasteiger charge is -2.14. The summed E-state index contributed by atoms with van der Waals surface area (Å²) in [7, 11) is 1.34. The summed E-state index contributed by atoms with van der Waals surface area (Å²) >= 11 is 0. The molecule has 0 spiro atoms. The first-order chi connectivity index (χ1) is 10.7. The van der Waals surface area contributed by atoms with Crippen molar-refractivity contribution in [3.63, 3.8) is 0 Å². The second kappa shape index (κ2) is 5.64. The summed E-state index contributed by atoms with van der Waals surface area (Å²) in [6, 6.07) is 7.50. The molecule has 0 bridgehead atoms. The van der Waals surface area contributed by atoms with Gasteiger partial charge in [0.2, 0.25) is 0 Å². The number of aromatic nitrogens is 1. The Kier molecular flexibility index (Phi) is 3.68. The number of carbonyl (C=O) groups excluding carboxylic acids is 2. The second-order valence-corrected chi connectivity index (χ2v) is 5.35. The number of Topliss-reactive ketones (excluding diaryl/α,β-unsaturated/α-hetero) is 1. The summed E-state index contributed by atoms with van der Waals surface area (Å²) in [6.07, 6.45) is 2.47. The lowest BCUT2D eigenvalue weighted by Crippen LogP contribution is -2.13. The summed E-state index contributed by atoms with van der Waals surface area (Å²) in [5.41, 5.74) is 2.83. The minimum absolute atomic E-state index is 0.0679. The van der Waals surface area contributed by atoms with Crippen LogP contribution in [0.25, 0.3) is 10.9 Å². The molecule has 1 aromatic carbocycles. The van der Waals surface area contributed by atoms with Crippen LogP contribution in [0.15, 0.2) is 18.2 Å². The standard InChI is InChI=1S/C17H16N2O3/c1-22-17(21)11-5-2-6-12-15(11)16-13(7-3-8-14(16)20)19(12)10-4-9-18/h2,5-6H,3-4,7-8,10H2,1H3. The first-order valence-electron chi connectivity index (χ1n) is 7.31. The van der Waals surface area contributed by atoms with Crippen LogP contribution in [-0.4, -0.2) is 23.4 Å². The number of hydrogen-bond donors (Lipinski definition) is 0. The van der Waals surface area contributed by atoms with Gasteiger partial charge in [-0.15, -0.1) is 0 Å². The molecule has 0 aliphatic heterocycles. The van der Waals surface area contributed by atoms with E-state index in [1.165, 1.54) is 7.11 Å². The molecular formula is C17H16N2O3. The molecule has 0 radical (unpaired) electrons. The molecule has 22 heavy (non-hydrogen) atoms. The molecule has 112 valence electrons. The Morgan fingerprint density at radius 1 is 1.41 bits per heavy atom. The van der Waals surface area contributed by atoms with E-state index >= 15 is 0 Å². The first kappa shape index (κ1) is 14.3. The molecule has 0 amide bonds. The summed E-state index contributed by atoms with van der Waals surface area (Å²) in [6.45, 7) is 0.528. The Morgan fingerprint density at radius 2 is 2.23 bits per heavy atom. The van der Waals surface area contributed by atoms with Crippen LogP contribution < -0.4 is 0 Å². The van der Waals surface area contributed by atoms with Crippen molar-refractivity contribution in [2.75, 3.05) is 7.11 Å². The SMILES string of the molecule is COC(=O)c1cccc2c1c1c(n2CCC#N)CCCC1=O. The van der Waals surface area contributed by atoms with Gasteiger partial charge in [0.25, 0.3) is 0 Å². The molecule has 0 N–H and O–H groups in total.